The molecule has 0 amide bonds. The van der Waals surface area contributed by atoms with Gasteiger partial charge in [-0.3, -0.25) is 0 Å². The van der Waals surface area contributed by atoms with Gasteiger partial charge in [-0.25, -0.2) is 13.2 Å². The molecule has 0 atom stereocenters. The molecule has 1 saturated carbocycles. The van der Waals surface area contributed by atoms with E-state index in [1.807, 2.05) is 43.3 Å². The summed E-state index contributed by atoms with van der Waals surface area (Å²) in [5.74, 6) is -0.986. The molecule has 0 heterocycles. The maximum absolute atomic E-state index is 15.0. The van der Waals surface area contributed by atoms with E-state index in [9.17, 15) is 8.78 Å². The summed E-state index contributed by atoms with van der Waals surface area (Å²) in [6.07, 6.45) is 8.04. The molecule has 0 saturated heterocycles. The summed E-state index contributed by atoms with van der Waals surface area (Å²) in [5, 5.41) is 0. The normalized spacial score (nSPS) is 18.4. The van der Waals surface area contributed by atoms with Crippen LogP contribution in [0.1, 0.15) is 62.1 Å². The average molecular weight is 465 g/mol. The first-order valence-electron chi connectivity index (χ1n) is 12.2. The number of rotatable bonds is 7. The summed E-state index contributed by atoms with van der Waals surface area (Å²) < 4.78 is 49.6. The number of aryl methyl sites for hydroxylation is 1. The van der Waals surface area contributed by atoms with Crippen LogP contribution in [0.3, 0.4) is 0 Å². The summed E-state index contributed by atoms with van der Waals surface area (Å²) in [6, 6.07) is 15.9. The summed E-state index contributed by atoms with van der Waals surface area (Å²) in [4.78, 5) is 0. The third-order valence-electron chi connectivity index (χ3n) is 6.83. The van der Waals surface area contributed by atoms with Crippen molar-refractivity contribution in [2.24, 2.45) is 5.92 Å². The van der Waals surface area contributed by atoms with E-state index in [4.69, 9.17) is 4.74 Å². The van der Waals surface area contributed by atoms with Gasteiger partial charge in [0.15, 0.2) is 11.6 Å². The van der Waals surface area contributed by atoms with Crippen LogP contribution in [-0.2, 0) is 6.42 Å². The van der Waals surface area contributed by atoms with Crippen LogP contribution in [0.15, 0.2) is 60.7 Å². The standard InChI is InChI=1S/C30H31F3O/c1-3-20-5-10-22(11-6-20)26-17-18-27(30(33)29(26)32)23-12-7-21(8-13-23)9-14-24-15-16-25(34-4-2)19-28(24)31/h5-6,9-11,14-19,21,23H,3-4,7-8,12-13H2,1-2H3. The number of hydrogen-bond acceptors (Lipinski definition) is 1. The third kappa shape index (κ3) is 5.38. The Morgan fingerprint density at radius 1 is 0.853 bits per heavy atom. The highest BCUT2D eigenvalue weighted by Crippen LogP contribution is 2.39. The highest BCUT2D eigenvalue weighted by molar-refractivity contribution is 5.65. The lowest BCUT2D eigenvalue weighted by Crippen LogP contribution is -2.13. The van der Waals surface area contributed by atoms with Crippen LogP contribution in [0.2, 0.25) is 0 Å². The predicted molar refractivity (Wildman–Crippen MR) is 132 cm³/mol. The Morgan fingerprint density at radius 3 is 2.24 bits per heavy atom. The van der Waals surface area contributed by atoms with Gasteiger partial charge in [-0.05, 0) is 79.7 Å². The van der Waals surface area contributed by atoms with Crippen LogP contribution in [0, 0.1) is 23.4 Å². The zero-order chi connectivity index (χ0) is 24.1. The molecule has 4 heteroatoms. The second kappa shape index (κ2) is 10.9. The molecular formula is C30H31F3O. The molecule has 0 aliphatic heterocycles. The second-order valence-corrected chi connectivity index (χ2v) is 8.97. The molecule has 178 valence electrons. The summed E-state index contributed by atoms with van der Waals surface area (Å²) in [7, 11) is 0. The van der Waals surface area contributed by atoms with Crippen LogP contribution < -0.4 is 4.74 Å². The van der Waals surface area contributed by atoms with Gasteiger partial charge in [-0.1, -0.05) is 55.5 Å². The van der Waals surface area contributed by atoms with E-state index < -0.39 is 11.6 Å². The van der Waals surface area contributed by atoms with Crippen molar-refractivity contribution in [2.45, 2.75) is 51.9 Å². The maximum atomic E-state index is 15.0. The Kier molecular flexibility index (Phi) is 7.77. The lowest BCUT2D eigenvalue weighted by atomic mass is 9.78. The Bertz CT molecular complexity index is 1140. The summed E-state index contributed by atoms with van der Waals surface area (Å²) in [5.41, 5.74) is 3.15. The van der Waals surface area contributed by atoms with Gasteiger partial charge >= 0.3 is 0 Å². The van der Waals surface area contributed by atoms with E-state index in [1.165, 1.54) is 6.07 Å². The first-order chi connectivity index (χ1) is 16.5. The predicted octanol–water partition coefficient (Wildman–Crippen LogP) is 8.72. The molecule has 3 aromatic rings. The largest absolute Gasteiger partial charge is 0.494 e. The van der Waals surface area contributed by atoms with Crippen molar-refractivity contribution in [3.05, 3.63) is 94.8 Å². The lowest BCUT2D eigenvalue weighted by Gasteiger charge is -2.27. The molecule has 0 spiro atoms. The monoisotopic (exact) mass is 464 g/mol. The molecule has 1 aliphatic carbocycles. The topological polar surface area (TPSA) is 9.23 Å². The van der Waals surface area contributed by atoms with Gasteiger partial charge in [-0.2, -0.15) is 0 Å². The minimum absolute atomic E-state index is 0.00196. The summed E-state index contributed by atoms with van der Waals surface area (Å²) >= 11 is 0. The highest BCUT2D eigenvalue weighted by Gasteiger charge is 2.25. The zero-order valence-electron chi connectivity index (χ0n) is 19.8. The number of halogens is 3. The Morgan fingerprint density at radius 2 is 1.59 bits per heavy atom. The Labute approximate surface area is 200 Å². The van der Waals surface area contributed by atoms with Crippen LogP contribution in [-0.4, -0.2) is 6.61 Å². The highest BCUT2D eigenvalue weighted by atomic mass is 19.2. The van der Waals surface area contributed by atoms with Crippen LogP contribution in [0.4, 0.5) is 13.2 Å². The molecule has 1 nitrogen and oxygen atoms in total. The van der Waals surface area contributed by atoms with Crippen molar-refractivity contribution in [3.8, 4) is 16.9 Å². The van der Waals surface area contributed by atoms with Gasteiger partial charge in [0.25, 0.3) is 0 Å². The molecule has 3 aromatic carbocycles. The van der Waals surface area contributed by atoms with E-state index in [0.717, 1.165) is 37.7 Å². The summed E-state index contributed by atoms with van der Waals surface area (Å²) in [6.45, 7) is 4.42. The molecule has 0 aromatic heterocycles. The van der Waals surface area contributed by atoms with Crippen molar-refractivity contribution in [2.75, 3.05) is 6.61 Å². The molecule has 1 fully saturated rings. The number of benzene rings is 3. The zero-order valence-corrected chi connectivity index (χ0v) is 19.8. The van der Waals surface area contributed by atoms with Gasteiger partial charge in [0.1, 0.15) is 11.6 Å². The molecule has 0 radical (unpaired) electrons. The van der Waals surface area contributed by atoms with Crippen LogP contribution in [0.5, 0.6) is 5.75 Å². The average Bonchev–Trinajstić information content (AvgIpc) is 2.86. The molecule has 4 rings (SSSR count). The minimum Gasteiger partial charge on any atom is -0.494 e. The second-order valence-electron chi connectivity index (χ2n) is 8.97. The Hall–Kier alpha value is -3.01. The molecule has 0 N–H and O–H groups in total. The van der Waals surface area contributed by atoms with E-state index >= 15 is 4.39 Å². The van der Waals surface area contributed by atoms with Crippen LogP contribution >= 0.6 is 0 Å². The van der Waals surface area contributed by atoms with Gasteiger partial charge in [0, 0.05) is 17.2 Å². The van der Waals surface area contributed by atoms with Gasteiger partial charge in [0.05, 0.1) is 6.61 Å². The van der Waals surface area contributed by atoms with E-state index in [2.05, 4.69) is 6.92 Å². The van der Waals surface area contributed by atoms with Crippen molar-refractivity contribution in [1.29, 1.82) is 0 Å². The quantitative estimate of drug-likeness (QED) is 0.340. The Balaban J connectivity index is 1.41. The number of ether oxygens (including phenoxy) is 1. The van der Waals surface area contributed by atoms with Crippen molar-refractivity contribution >= 4 is 6.08 Å². The molecule has 0 bridgehead atoms. The minimum atomic E-state index is -0.769. The number of hydrogen-bond donors (Lipinski definition) is 0. The molecule has 0 unspecified atom stereocenters. The molecule has 34 heavy (non-hydrogen) atoms. The maximum Gasteiger partial charge on any atom is 0.166 e. The van der Waals surface area contributed by atoms with Crippen molar-refractivity contribution < 1.29 is 17.9 Å². The van der Waals surface area contributed by atoms with Crippen molar-refractivity contribution in [1.82, 2.24) is 0 Å². The lowest BCUT2D eigenvalue weighted by molar-refractivity contribution is 0.338. The van der Waals surface area contributed by atoms with Crippen LogP contribution in [0.25, 0.3) is 17.2 Å². The first-order valence-corrected chi connectivity index (χ1v) is 12.2. The fourth-order valence-corrected chi connectivity index (χ4v) is 4.78. The van der Waals surface area contributed by atoms with E-state index in [1.54, 1.807) is 24.3 Å². The fourth-order valence-electron chi connectivity index (χ4n) is 4.78. The first kappa shape index (κ1) is 24.1. The van der Waals surface area contributed by atoms with E-state index in [-0.39, 0.29) is 11.7 Å². The smallest absolute Gasteiger partial charge is 0.166 e. The van der Waals surface area contributed by atoms with E-state index in [0.29, 0.717) is 40.5 Å². The van der Waals surface area contributed by atoms with Gasteiger partial charge < -0.3 is 4.74 Å². The SMILES string of the molecule is CCOc1ccc(C=CC2CCC(c3ccc(-c4ccc(CC)cc4)c(F)c3F)CC2)c(F)c1. The third-order valence-corrected chi connectivity index (χ3v) is 6.83. The van der Waals surface area contributed by atoms with Gasteiger partial charge in [-0.15, -0.1) is 0 Å². The molecular weight excluding hydrogens is 433 g/mol. The number of allylic oxidation sites excluding steroid dienone is 1. The molecule has 1 aliphatic rings. The fraction of sp³-hybridized carbons (Fsp3) is 0.333. The van der Waals surface area contributed by atoms with Crippen molar-refractivity contribution in [3.63, 3.8) is 0 Å². The van der Waals surface area contributed by atoms with Gasteiger partial charge in [0.2, 0.25) is 0 Å².